The lowest BCUT2D eigenvalue weighted by Gasteiger charge is -2.24. The maximum Gasteiger partial charge on any atom is 0.343 e. The van der Waals surface area contributed by atoms with Crippen LogP contribution in [0.15, 0.2) is 48.2 Å². The van der Waals surface area contributed by atoms with Gasteiger partial charge in [-0.15, -0.1) is 0 Å². The minimum absolute atomic E-state index is 0.141. The minimum Gasteiger partial charge on any atom is -0.434 e. The van der Waals surface area contributed by atoms with Gasteiger partial charge in [0.25, 0.3) is 11.7 Å². The van der Waals surface area contributed by atoms with Gasteiger partial charge in [0.2, 0.25) is 0 Å². The molecule has 0 aliphatic rings. The number of aliphatic imine (C=N–C) groups is 1. The molecule has 29 heavy (non-hydrogen) atoms. The fraction of sp³-hybridized carbons (Fsp3) is 0.429. The molecule has 0 aliphatic carbocycles. The van der Waals surface area contributed by atoms with Crippen molar-refractivity contribution in [3.05, 3.63) is 59.2 Å². The third-order valence-electron chi connectivity index (χ3n) is 4.53. The number of aromatic nitrogens is 2. The summed E-state index contributed by atoms with van der Waals surface area (Å²) in [7, 11) is 1.55. The van der Waals surface area contributed by atoms with Crippen LogP contribution in [0.25, 0.3) is 0 Å². The molecule has 0 unspecified atom stereocenters. The Labute approximate surface area is 171 Å². The third-order valence-corrected chi connectivity index (χ3v) is 4.53. The van der Waals surface area contributed by atoms with Crippen molar-refractivity contribution >= 4 is 17.4 Å². The van der Waals surface area contributed by atoms with E-state index in [9.17, 15) is 10.1 Å². The highest BCUT2D eigenvalue weighted by atomic mass is 16.6. The number of hydrogen-bond donors (Lipinski definition) is 0. The monoisotopic (exact) mass is 399 g/mol. The highest BCUT2D eigenvalue weighted by Gasteiger charge is 2.23. The summed E-state index contributed by atoms with van der Waals surface area (Å²) in [5.41, 5.74) is 1.15. The molecule has 0 bridgehead atoms. The van der Waals surface area contributed by atoms with Gasteiger partial charge < -0.3 is 19.8 Å². The maximum absolute atomic E-state index is 11.1. The Morgan fingerprint density at radius 3 is 2.38 bits per heavy atom. The highest BCUT2D eigenvalue weighted by molar-refractivity contribution is 5.93. The number of unbranched alkanes of at least 4 members (excludes halogenated alkanes) is 2. The van der Waals surface area contributed by atoms with Gasteiger partial charge in [-0.05, 0) is 42.0 Å². The standard InChI is InChI=1S/C21H29N5O3/c1-5-8-14-25(15-9-6-2)17-10-12-18(13-11-17)29-21(22-7-3)20-23-16-19(24(20)4)26(27)28/h7,10-13,16H,3,5-6,8-9,14-15H2,1-2,4H3. The van der Waals surface area contributed by atoms with Crippen molar-refractivity contribution in [1.82, 2.24) is 9.55 Å². The lowest BCUT2D eigenvalue weighted by molar-refractivity contribution is -0.391. The van der Waals surface area contributed by atoms with Crippen LogP contribution in [0, 0.1) is 10.1 Å². The van der Waals surface area contributed by atoms with Crippen LogP contribution in [0.5, 0.6) is 5.75 Å². The molecule has 0 fully saturated rings. The Bertz CT molecular complexity index is 835. The average Bonchev–Trinajstić information content (AvgIpc) is 3.10. The van der Waals surface area contributed by atoms with E-state index in [0.29, 0.717) is 5.75 Å². The summed E-state index contributed by atoms with van der Waals surface area (Å²) in [4.78, 5) is 21.1. The van der Waals surface area contributed by atoms with Gasteiger partial charge >= 0.3 is 5.82 Å². The van der Waals surface area contributed by atoms with Crippen LogP contribution < -0.4 is 9.64 Å². The second-order valence-electron chi connectivity index (χ2n) is 6.66. The number of nitro groups is 1. The first-order valence-electron chi connectivity index (χ1n) is 9.89. The molecule has 1 aromatic carbocycles. The predicted molar refractivity (Wildman–Crippen MR) is 116 cm³/mol. The summed E-state index contributed by atoms with van der Waals surface area (Å²) in [6, 6.07) is 7.78. The van der Waals surface area contributed by atoms with E-state index in [1.54, 1.807) is 7.05 Å². The van der Waals surface area contributed by atoms with E-state index in [1.165, 1.54) is 17.0 Å². The van der Waals surface area contributed by atoms with Gasteiger partial charge in [0.1, 0.15) is 11.9 Å². The van der Waals surface area contributed by atoms with Gasteiger partial charge in [-0.25, -0.2) is 14.5 Å². The van der Waals surface area contributed by atoms with Crippen LogP contribution in [0.4, 0.5) is 11.5 Å². The van der Waals surface area contributed by atoms with Crippen molar-refractivity contribution in [2.75, 3.05) is 18.0 Å². The number of hydrogen-bond acceptors (Lipinski definition) is 6. The molecule has 0 N–H and O–H groups in total. The topological polar surface area (TPSA) is 85.8 Å². The van der Waals surface area contributed by atoms with Gasteiger partial charge in [-0.3, -0.25) is 0 Å². The van der Waals surface area contributed by atoms with E-state index < -0.39 is 4.92 Å². The zero-order valence-corrected chi connectivity index (χ0v) is 17.4. The van der Waals surface area contributed by atoms with E-state index in [0.717, 1.165) is 44.5 Å². The molecule has 2 rings (SSSR count). The molecule has 156 valence electrons. The number of anilines is 1. The van der Waals surface area contributed by atoms with Gasteiger partial charge in [0.15, 0.2) is 0 Å². The number of rotatable bonds is 11. The number of nitrogens with zero attached hydrogens (tertiary/aromatic N) is 5. The van der Waals surface area contributed by atoms with Crippen LogP contribution in [0.2, 0.25) is 0 Å². The predicted octanol–water partition coefficient (Wildman–Crippen LogP) is 4.70. The number of imidazole rings is 1. The fourth-order valence-corrected chi connectivity index (χ4v) is 2.89. The molecule has 0 amide bonds. The number of benzene rings is 1. The van der Waals surface area contributed by atoms with Crippen LogP contribution >= 0.6 is 0 Å². The van der Waals surface area contributed by atoms with Gasteiger partial charge in [-0.1, -0.05) is 33.3 Å². The lowest BCUT2D eigenvalue weighted by atomic mass is 10.2. The lowest BCUT2D eigenvalue weighted by Crippen LogP contribution is -2.25. The van der Waals surface area contributed by atoms with E-state index in [-0.39, 0.29) is 17.5 Å². The molecule has 8 nitrogen and oxygen atoms in total. The van der Waals surface area contributed by atoms with E-state index in [4.69, 9.17) is 4.74 Å². The largest absolute Gasteiger partial charge is 0.434 e. The van der Waals surface area contributed by atoms with Crippen molar-refractivity contribution in [3.8, 4) is 5.75 Å². The quantitative estimate of drug-likeness (QED) is 0.236. The molecule has 2 aromatic rings. The Kier molecular flexibility index (Phi) is 8.39. The summed E-state index contributed by atoms with van der Waals surface area (Å²) in [5.74, 6) is 0.842. The van der Waals surface area contributed by atoms with E-state index in [2.05, 4.69) is 35.3 Å². The van der Waals surface area contributed by atoms with Crippen molar-refractivity contribution in [3.63, 3.8) is 0 Å². The average molecular weight is 399 g/mol. The van der Waals surface area contributed by atoms with Gasteiger partial charge in [0.05, 0.1) is 7.05 Å². The highest BCUT2D eigenvalue weighted by Crippen LogP contribution is 2.22. The summed E-state index contributed by atoms with van der Waals surface area (Å²) >= 11 is 0. The van der Waals surface area contributed by atoms with Crippen LogP contribution in [-0.2, 0) is 7.05 Å². The summed E-state index contributed by atoms with van der Waals surface area (Å²) in [5, 5.41) is 11.1. The molecule has 0 aliphatic heterocycles. The van der Waals surface area contributed by atoms with Crippen molar-refractivity contribution in [1.29, 1.82) is 0 Å². The SMILES string of the molecule is C=CN=C(Oc1ccc(N(CCCC)CCCC)cc1)c1ncc([N+](=O)[O-])n1C. The molecule has 0 atom stereocenters. The zero-order chi connectivity index (χ0) is 21.2. The summed E-state index contributed by atoms with van der Waals surface area (Å²) < 4.78 is 7.19. The van der Waals surface area contributed by atoms with E-state index >= 15 is 0 Å². The molecular formula is C21H29N5O3. The molecule has 0 saturated heterocycles. The molecule has 0 saturated carbocycles. The fourth-order valence-electron chi connectivity index (χ4n) is 2.89. The van der Waals surface area contributed by atoms with Crippen LogP contribution in [-0.4, -0.2) is 33.5 Å². The van der Waals surface area contributed by atoms with Crippen molar-refractivity contribution in [2.45, 2.75) is 39.5 Å². The van der Waals surface area contributed by atoms with E-state index in [1.807, 2.05) is 24.3 Å². The first kappa shape index (κ1) is 22.1. The Morgan fingerprint density at radius 1 is 1.28 bits per heavy atom. The first-order chi connectivity index (χ1) is 14.0. The normalized spacial score (nSPS) is 11.3. The maximum atomic E-state index is 11.1. The molecule has 0 spiro atoms. The molecule has 1 heterocycles. The van der Waals surface area contributed by atoms with Gasteiger partial charge in [-0.2, -0.15) is 0 Å². The molecule has 1 aromatic heterocycles. The Balaban J connectivity index is 2.20. The Hall–Kier alpha value is -3.16. The molecule has 0 radical (unpaired) electrons. The van der Waals surface area contributed by atoms with Gasteiger partial charge in [0, 0.05) is 25.0 Å². The minimum atomic E-state index is -0.502. The van der Waals surface area contributed by atoms with Crippen LogP contribution in [0.1, 0.15) is 45.4 Å². The second kappa shape index (κ2) is 11.0. The molecular weight excluding hydrogens is 370 g/mol. The first-order valence-corrected chi connectivity index (χ1v) is 9.89. The van der Waals surface area contributed by atoms with Crippen molar-refractivity contribution in [2.24, 2.45) is 12.0 Å². The van der Waals surface area contributed by atoms with Crippen molar-refractivity contribution < 1.29 is 9.66 Å². The molecule has 8 heteroatoms. The second-order valence-corrected chi connectivity index (χ2v) is 6.66. The number of ether oxygens (including phenoxy) is 1. The van der Waals surface area contributed by atoms with Crippen LogP contribution in [0.3, 0.4) is 0 Å². The zero-order valence-electron chi connectivity index (χ0n) is 17.4. The Morgan fingerprint density at radius 2 is 1.90 bits per heavy atom. The summed E-state index contributed by atoms with van der Waals surface area (Å²) in [6.07, 6.45) is 7.11. The smallest absolute Gasteiger partial charge is 0.343 e. The third kappa shape index (κ3) is 5.91. The summed E-state index contributed by atoms with van der Waals surface area (Å²) in [6.45, 7) is 10.0.